The summed E-state index contributed by atoms with van der Waals surface area (Å²) in [6.45, 7) is 4.76. The van der Waals surface area contributed by atoms with Crippen molar-refractivity contribution < 1.29 is 9.94 Å². The van der Waals surface area contributed by atoms with E-state index in [0.717, 1.165) is 57.0 Å². The van der Waals surface area contributed by atoms with E-state index in [0.29, 0.717) is 0 Å². The van der Waals surface area contributed by atoms with Crippen LogP contribution < -0.4 is 0 Å². The average Bonchev–Trinajstić information content (AvgIpc) is 2.90. The predicted molar refractivity (Wildman–Crippen MR) is 76.4 cm³/mol. The van der Waals surface area contributed by atoms with Gasteiger partial charge in [0.2, 0.25) is 0 Å². The molecule has 1 fully saturated rings. The Balaban J connectivity index is 0.00000162. The van der Waals surface area contributed by atoms with Crippen LogP contribution in [0.4, 0.5) is 0 Å². The molecule has 1 aromatic heterocycles. The summed E-state index contributed by atoms with van der Waals surface area (Å²) >= 11 is 1.63. The monoisotopic (exact) mass is 290 g/mol. The molecule has 0 radical (unpaired) electrons. The molecule has 18 heavy (non-hydrogen) atoms. The van der Waals surface area contributed by atoms with Crippen LogP contribution >= 0.6 is 23.7 Å². The fourth-order valence-electron chi connectivity index (χ4n) is 1.98. The Morgan fingerprint density at radius 2 is 2.22 bits per heavy atom. The first-order valence-electron chi connectivity index (χ1n) is 5.94. The molecular weight excluding hydrogens is 272 g/mol. The van der Waals surface area contributed by atoms with E-state index >= 15 is 0 Å². The third-order valence-corrected chi connectivity index (χ3v) is 3.65. The number of morpholine rings is 1. The van der Waals surface area contributed by atoms with Crippen molar-refractivity contribution in [2.24, 2.45) is 5.16 Å². The Morgan fingerprint density at radius 3 is 2.83 bits per heavy atom. The molecule has 1 N–H and O–H groups in total. The molecule has 6 heteroatoms. The Hall–Kier alpha value is -0.620. The molecule has 0 amide bonds. The second-order valence-electron chi connectivity index (χ2n) is 4.12. The second kappa shape index (κ2) is 8.48. The highest BCUT2D eigenvalue weighted by atomic mass is 35.5. The normalized spacial score (nSPS) is 17.4. The van der Waals surface area contributed by atoms with Gasteiger partial charge in [0, 0.05) is 18.7 Å². The number of nitrogens with zero attached hydrogens (tertiary/aromatic N) is 2. The van der Waals surface area contributed by atoms with Gasteiger partial charge in [-0.25, -0.2) is 0 Å². The van der Waals surface area contributed by atoms with Gasteiger partial charge in [-0.2, -0.15) is 11.3 Å². The molecule has 0 bridgehead atoms. The van der Waals surface area contributed by atoms with Gasteiger partial charge >= 0.3 is 0 Å². The van der Waals surface area contributed by atoms with Crippen LogP contribution in [0.3, 0.4) is 0 Å². The first kappa shape index (κ1) is 15.4. The molecule has 0 aliphatic carbocycles. The summed E-state index contributed by atoms with van der Waals surface area (Å²) in [6.07, 6.45) is 1.85. The van der Waals surface area contributed by atoms with Crippen molar-refractivity contribution in [3.63, 3.8) is 0 Å². The Bertz CT molecular complexity index is 351. The number of halogens is 1. The zero-order valence-corrected chi connectivity index (χ0v) is 11.9. The third-order valence-electron chi connectivity index (χ3n) is 2.97. The van der Waals surface area contributed by atoms with E-state index in [1.54, 1.807) is 11.3 Å². The predicted octanol–water partition coefficient (Wildman–Crippen LogP) is 2.46. The molecule has 0 saturated carbocycles. The van der Waals surface area contributed by atoms with Crippen LogP contribution in [0.2, 0.25) is 0 Å². The maximum absolute atomic E-state index is 8.99. The lowest BCUT2D eigenvalue weighted by atomic mass is 10.1. The molecule has 4 nitrogen and oxygen atoms in total. The average molecular weight is 291 g/mol. The first-order chi connectivity index (χ1) is 8.40. The zero-order chi connectivity index (χ0) is 11.9. The molecule has 1 aliphatic heterocycles. The lowest BCUT2D eigenvalue weighted by molar-refractivity contribution is 0.0376. The summed E-state index contributed by atoms with van der Waals surface area (Å²) in [7, 11) is 0. The first-order valence-corrected chi connectivity index (χ1v) is 6.88. The summed E-state index contributed by atoms with van der Waals surface area (Å²) in [6, 6.07) is 1.99. The van der Waals surface area contributed by atoms with Crippen LogP contribution in [0.25, 0.3) is 0 Å². The quantitative estimate of drug-likeness (QED) is 0.515. The van der Waals surface area contributed by atoms with Crippen LogP contribution in [0, 0.1) is 0 Å². The highest BCUT2D eigenvalue weighted by Crippen LogP contribution is 2.11. The van der Waals surface area contributed by atoms with Crippen molar-refractivity contribution in [1.82, 2.24) is 4.90 Å². The molecule has 0 spiro atoms. The smallest absolute Gasteiger partial charge is 0.0876 e. The van der Waals surface area contributed by atoms with E-state index in [1.807, 2.05) is 16.8 Å². The van der Waals surface area contributed by atoms with Crippen LogP contribution in [-0.4, -0.2) is 48.7 Å². The van der Waals surface area contributed by atoms with E-state index in [1.165, 1.54) is 0 Å². The minimum Gasteiger partial charge on any atom is -0.411 e. The van der Waals surface area contributed by atoms with Crippen LogP contribution in [0.1, 0.15) is 18.4 Å². The Labute approximate surface area is 118 Å². The van der Waals surface area contributed by atoms with E-state index in [9.17, 15) is 0 Å². The summed E-state index contributed by atoms with van der Waals surface area (Å²) in [4.78, 5) is 2.39. The molecule has 102 valence electrons. The van der Waals surface area contributed by atoms with Gasteiger partial charge in [0.15, 0.2) is 0 Å². The highest BCUT2D eigenvalue weighted by Gasteiger charge is 2.11. The van der Waals surface area contributed by atoms with Gasteiger partial charge < -0.3 is 9.94 Å². The number of hydrogen-bond acceptors (Lipinski definition) is 5. The van der Waals surface area contributed by atoms with Crippen molar-refractivity contribution in [2.45, 2.75) is 12.8 Å². The summed E-state index contributed by atoms with van der Waals surface area (Å²) < 4.78 is 5.30. The van der Waals surface area contributed by atoms with Crippen molar-refractivity contribution in [3.05, 3.63) is 22.4 Å². The third kappa shape index (κ3) is 4.57. The largest absolute Gasteiger partial charge is 0.411 e. The van der Waals surface area contributed by atoms with Crippen LogP contribution in [0.15, 0.2) is 22.0 Å². The van der Waals surface area contributed by atoms with Gasteiger partial charge in [-0.15, -0.1) is 12.4 Å². The van der Waals surface area contributed by atoms with Gasteiger partial charge in [-0.3, -0.25) is 4.90 Å². The molecular formula is C12H19ClN2O2S. The van der Waals surface area contributed by atoms with Crippen LogP contribution in [-0.2, 0) is 4.74 Å². The van der Waals surface area contributed by atoms with Gasteiger partial charge in [-0.1, -0.05) is 5.16 Å². The molecule has 1 saturated heterocycles. The SMILES string of the molecule is Cl.O/N=C(/CCCN1CCOCC1)c1ccsc1. The molecule has 0 atom stereocenters. The van der Waals surface area contributed by atoms with Crippen molar-refractivity contribution in [3.8, 4) is 0 Å². The topological polar surface area (TPSA) is 45.1 Å². The molecule has 1 aromatic rings. The fourth-order valence-corrected chi connectivity index (χ4v) is 2.64. The summed E-state index contributed by atoms with van der Waals surface area (Å²) in [5.41, 5.74) is 1.83. The highest BCUT2D eigenvalue weighted by molar-refractivity contribution is 7.08. The van der Waals surface area contributed by atoms with Gasteiger partial charge in [0.25, 0.3) is 0 Å². The van der Waals surface area contributed by atoms with Gasteiger partial charge in [-0.05, 0) is 36.2 Å². The number of ether oxygens (including phenoxy) is 1. The van der Waals surface area contributed by atoms with Crippen molar-refractivity contribution in [2.75, 3.05) is 32.8 Å². The summed E-state index contributed by atoms with van der Waals surface area (Å²) in [5, 5.41) is 16.4. The molecule has 2 rings (SSSR count). The fraction of sp³-hybridized carbons (Fsp3) is 0.583. The minimum absolute atomic E-state index is 0. The number of rotatable bonds is 5. The Morgan fingerprint density at radius 1 is 1.44 bits per heavy atom. The number of oxime groups is 1. The lowest BCUT2D eigenvalue weighted by Gasteiger charge is -2.26. The van der Waals surface area contributed by atoms with Crippen molar-refractivity contribution in [1.29, 1.82) is 0 Å². The molecule has 0 unspecified atom stereocenters. The standard InChI is InChI=1S/C12H18N2O2S.ClH/c15-13-12(11-3-9-17-10-11)2-1-4-14-5-7-16-8-6-14;/h3,9-10,15H,1-2,4-8H2;1H/b13-12-;. The zero-order valence-electron chi connectivity index (χ0n) is 10.2. The lowest BCUT2D eigenvalue weighted by Crippen LogP contribution is -2.36. The van der Waals surface area contributed by atoms with E-state index in [4.69, 9.17) is 9.94 Å². The second-order valence-corrected chi connectivity index (χ2v) is 4.90. The van der Waals surface area contributed by atoms with E-state index < -0.39 is 0 Å². The van der Waals surface area contributed by atoms with Gasteiger partial charge in [0.05, 0.1) is 18.9 Å². The number of hydrogen-bond donors (Lipinski definition) is 1. The molecule has 2 heterocycles. The van der Waals surface area contributed by atoms with E-state index in [-0.39, 0.29) is 12.4 Å². The van der Waals surface area contributed by atoms with Gasteiger partial charge in [0.1, 0.15) is 0 Å². The minimum atomic E-state index is 0. The maximum atomic E-state index is 8.99. The van der Waals surface area contributed by atoms with Crippen LogP contribution in [0.5, 0.6) is 0 Å². The molecule has 1 aliphatic rings. The number of thiophene rings is 1. The maximum Gasteiger partial charge on any atom is 0.0876 e. The van der Waals surface area contributed by atoms with Crippen molar-refractivity contribution >= 4 is 29.5 Å². The summed E-state index contributed by atoms with van der Waals surface area (Å²) in [5.74, 6) is 0. The molecule has 0 aromatic carbocycles. The Kier molecular flexibility index (Phi) is 7.27. The van der Waals surface area contributed by atoms with E-state index in [2.05, 4.69) is 10.1 Å².